The molecule has 0 N–H and O–H groups in total. The van der Waals surface area contributed by atoms with Gasteiger partial charge in [-0.05, 0) is 31.9 Å². The summed E-state index contributed by atoms with van der Waals surface area (Å²) < 4.78 is 7.21. The van der Waals surface area contributed by atoms with Gasteiger partial charge < -0.3 is 14.2 Å². The maximum Gasteiger partial charge on any atom is 0.409 e. The van der Waals surface area contributed by atoms with Gasteiger partial charge in [0.25, 0.3) is 0 Å². The second-order valence-electron chi connectivity index (χ2n) is 4.05. The molecule has 1 fully saturated rings. The van der Waals surface area contributed by atoms with E-state index in [0.29, 0.717) is 12.6 Å². The number of hydrogen-bond acceptors (Lipinski definition) is 2. The zero-order valence-electron chi connectivity index (χ0n) is 9.63. The summed E-state index contributed by atoms with van der Waals surface area (Å²) in [5, 5.41) is 0. The lowest BCUT2D eigenvalue weighted by Crippen LogP contribution is -2.39. The molecular formula is C12H18N2O2. The molecule has 1 aromatic heterocycles. The van der Waals surface area contributed by atoms with Crippen molar-refractivity contribution in [3.05, 3.63) is 24.5 Å². The fourth-order valence-electron chi connectivity index (χ4n) is 2.15. The van der Waals surface area contributed by atoms with Crippen molar-refractivity contribution in [2.24, 2.45) is 0 Å². The highest BCUT2D eigenvalue weighted by atomic mass is 16.6. The number of rotatable bonds is 2. The van der Waals surface area contributed by atoms with Gasteiger partial charge in [0.05, 0.1) is 6.61 Å². The van der Waals surface area contributed by atoms with Crippen LogP contribution in [0.25, 0.3) is 0 Å². The molecule has 88 valence electrons. The summed E-state index contributed by atoms with van der Waals surface area (Å²) in [5.74, 6) is 0. The number of carbonyl (C=O) groups is 1. The number of aromatic nitrogens is 1. The molecule has 4 heteroatoms. The molecule has 0 bridgehead atoms. The van der Waals surface area contributed by atoms with Gasteiger partial charge in [0.15, 0.2) is 0 Å². The summed E-state index contributed by atoms with van der Waals surface area (Å²) in [4.78, 5) is 13.3. The highest BCUT2D eigenvalue weighted by Gasteiger charge is 2.23. The SMILES string of the molecule is CCOC(=O)N1CCC(n2cccc2)CC1. The average Bonchev–Trinajstić information content (AvgIpc) is 2.83. The molecule has 0 unspecified atom stereocenters. The van der Waals surface area contributed by atoms with Crippen LogP contribution in [-0.2, 0) is 4.74 Å². The van der Waals surface area contributed by atoms with E-state index in [9.17, 15) is 4.79 Å². The normalized spacial score (nSPS) is 17.4. The smallest absolute Gasteiger partial charge is 0.409 e. The summed E-state index contributed by atoms with van der Waals surface area (Å²) >= 11 is 0. The zero-order chi connectivity index (χ0) is 11.4. The molecule has 4 nitrogen and oxygen atoms in total. The second kappa shape index (κ2) is 5.05. The Labute approximate surface area is 95.8 Å². The van der Waals surface area contributed by atoms with Gasteiger partial charge in [-0.25, -0.2) is 4.79 Å². The second-order valence-corrected chi connectivity index (χ2v) is 4.05. The van der Waals surface area contributed by atoms with E-state index in [4.69, 9.17) is 4.74 Å². The van der Waals surface area contributed by atoms with Crippen LogP contribution in [0.4, 0.5) is 4.79 Å². The number of hydrogen-bond donors (Lipinski definition) is 0. The largest absolute Gasteiger partial charge is 0.450 e. The van der Waals surface area contributed by atoms with E-state index >= 15 is 0 Å². The Morgan fingerprint density at radius 2 is 1.94 bits per heavy atom. The Balaban J connectivity index is 1.85. The van der Waals surface area contributed by atoms with Gasteiger partial charge in [0.2, 0.25) is 0 Å². The molecular weight excluding hydrogens is 204 g/mol. The van der Waals surface area contributed by atoms with Gasteiger partial charge in [0, 0.05) is 31.5 Å². The first-order valence-corrected chi connectivity index (χ1v) is 5.85. The number of piperidine rings is 1. The molecule has 1 aliphatic heterocycles. The number of amides is 1. The molecule has 2 rings (SSSR count). The van der Waals surface area contributed by atoms with Crippen LogP contribution >= 0.6 is 0 Å². The number of likely N-dealkylation sites (tertiary alicyclic amines) is 1. The van der Waals surface area contributed by atoms with Gasteiger partial charge >= 0.3 is 6.09 Å². The lowest BCUT2D eigenvalue weighted by Gasteiger charge is -2.31. The minimum atomic E-state index is -0.173. The van der Waals surface area contributed by atoms with Crippen LogP contribution in [0, 0.1) is 0 Å². The molecule has 0 radical (unpaired) electrons. The van der Waals surface area contributed by atoms with E-state index in [2.05, 4.69) is 17.0 Å². The van der Waals surface area contributed by atoms with E-state index in [1.807, 2.05) is 19.1 Å². The van der Waals surface area contributed by atoms with E-state index in [-0.39, 0.29) is 6.09 Å². The van der Waals surface area contributed by atoms with Crippen LogP contribution in [0.1, 0.15) is 25.8 Å². The molecule has 1 aromatic rings. The summed E-state index contributed by atoms with van der Waals surface area (Å²) in [5.41, 5.74) is 0. The monoisotopic (exact) mass is 222 g/mol. The van der Waals surface area contributed by atoms with Gasteiger partial charge in [-0.2, -0.15) is 0 Å². The van der Waals surface area contributed by atoms with Crippen LogP contribution in [0.2, 0.25) is 0 Å². The Kier molecular flexibility index (Phi) is 3.49. The molecule has 0 aliphatic carbocycles. The number of nitrogens with zero attached hydrogens (tertiary/aromatic N) is 2. The Bertz CT molecular complexity index is 327. The van der Waals surface area contributed by atoms with Crippen LogP contribution in [0.3, 0.4) is 0 Å². The van der Waals surface area contributed by atoms with Crippen molar-refractivity contribution in [1.29, 1.82) is 0 Å². The highest BCUT2D eigenvalue weighted by molar-refractivity contribution is 5.67. The van der Waals surface area contributed by atoms with Crippen molar-refractivity contribution < 1.29 is 9.53 Å². The molecule has 0 atom stereocenters. The molecule has 16 heavy (non-hydrogen) atoms. The van der Waals surface area contributed by atoms with Crippen LogP contribution in [-0.4, -0.2) is 35.3 Å². The van der Waals surface area contributed by atoms with Crippen molar-refractivity contribution in [2.45, 2.75) is 25.8 Å². The molecule has 0 aromatic carbocycles. The van der Waals surface area contributed by atoms with Crippen LogP contribution < -0.4 is 0 Å². The zero-order valence-corrected chi connectivity index (χ0v) is 9.63. The van der Waals surface area contributed by atoms with E-state index in [1.165, 1.54) is 0 Å². The third-order valence-corrected chi connectivity index (χ3v) is 3.04. The van der Waals surface area contributed by atoms with Gasteiger partial charge in [-0.3, -0.25) is 0 Å². The fraction of sp³-hybridized carbons (Fsp3) is 0.583. The number of carbonyl (C=O) groups excluding carboxylic acids is 1. The molecule has 0 spiro atoms. The Morgan fingerprint density at radius 1 is 1.31 bits per heavy atom. The van der Waals surface area contributed by atoms with Gasteiger partial charge in [0.1, 0.15) is 0 Å². The minimum absolute atomic E-state index is 0.173. The lowest BCUT2D eigenvalue weighted by molar-refractivity contribution is 0.0927. The number of ether oxygens (including phenoxy) is 1. The maximum absolute atomic E-state index is 11.5. The molecule has 1 saturated heterocycles. The quantitative estimate of drug-likeness (QED) is 0.769. The standard InChI is InChI=1S/C12H18N2O2/c1-2-16-12(15)14-9-5-11(6-10-14)13-7-3-4-8-13/h3-4,7-8,11H,2,5-6,9-10H2,1H3. The Morgan fingerprint density at radius 3 is 2.50 bits per heavy atom. The van der Waals surface area contributed by atoms with E-state index in [1.54, 1.807) is 4.90 Å². The summed E-state index contributed by atoms with van der Waals surface area (Å²) in [6.07, 6.45) is 6.02. The lowest BCUT2D eigenvalue weighted by atomic mass is 10.1. The van der Waals surface area contributed by atoms with E-state index < -0.39 is 0 Å². The van der Waals surface area contributed by atoms with Crippen molar-refractivity contribution in [3.8, 4) is 0 Å². The summed E-state index contributed by atoms with van der Waals surface area (Å²) in [7, 11) is 0. The van der Waals surface area contributed by atoms with Crippen LogP contribution in [0.15, 0.2) is 24.5 Å². The minimum Gasteiger partial charge on any atom is -0.450 e. The van der Waals surface area contributed by atoms with Crippen molar-refractivity contribution >= 4 is 6.09 Å². The third kappa shape index (κ3) is 2.38. The predicted octanol–water partition coefficient (Wildman–Crippen LogP) is 2.28. The van der Waals surface area contributed by atoms with Crippen molar-refractivity contribution in [3.63, 3.8) is 0 Å². The fourth-order valence-corrected chi connectivity index (χ4v) is 2.15. The summed E-state index contributed by atoms with van der Waals surface area (Å²) in [6, 6.07) is 4.61. The topological polar surface area (TPSA) is 34.5 Å². The maximum atomic E-state index is 11.5. The Hall–Kier alpha value is -1.45. The highest BCUT2D eigenvalue weighted by Crippen LogP contribution is 2.22. The first-order chi connectivity index (χ1) is 7.81. The predicted molar refractivity (Wildman–Crippen MR) is 61.3 cm³/mol. The summed E-state index contributed by atoms with van der Waals surface area (Å²) in [6.45, 7) is 3.88. The average molecular weight is 222 g/mol. The first kappa shape index (κ1) is 11.0. The third-order valence-electron chi connectivity index (χ3n) is 3.04. The molecule has 0 saturated carbocycles. The van der Waals surface area contributed by atoms with E-state index in [0.717, 1.165) is 25.9 Å². The molecule has 1 aliphatic rings. The van der Waals surface area contributed by atoms with Gasteiger partial charge in [-0.15, -0.1) is 0 Å². The first-order valence-electron chi connectivity index (χ1n) is 5.85. The van der Waals surface area contributed by atoms with Crippen molar-refractivity contribution in [2.75, 3.05) is 19.7 Å². The van der Waals surface area contributed by atoms with Gasteiger partial charge in [-0.1, -0.05) is 0 Å². The molecule has 2 heterocycles. The van der Waals surface area contributed by atoms with Crippen LogP contribution in [0.5, 0.6) is 0 Å². The van der Waals surface area contributed by atoms with Crippen molar-refractivity contribution in [1.82, 2.24) is 9.47 Å². The molecule has 1 amide bonds.